The number of sulfone groups is 1. The Labute approximate surface area is 110 Å². The van der Waals surface area contributed by atoms with Gasteiger partial charge in [-0.1, -0.05) is 35.3 Å². The van der Waals surface area contributed by atoms with Gasteiger partial charge in [-0.05, 0) is 17.7 Å². The monoisotopic (exact) mass is 298 g/mol. The van der Waals surface area contributed by atoms with E-state index in [-0.39, 0.29) is 0 Å². The van der Waals surface area contributed by atoms with Crippen LogP contribution in [0.4, 0.5) is 0 Å². The summed E-state index contributed by atoms with van der Waals surface area (Å²) < 4.78 is 25.3. The molecule has 0 bridgehead atoms. The van der Waals surface area contributed by atoms with E-state index in [4.69, 9.17) is 27.9 Å². The van der Waals surface area contributed by atoms with Crippen LogP contribution in [0, 0.1) is 0 Å². The van der Waals surface area contributed by atoms with Crippen LogP contribution in [0.3, 0.4) is 0 Å². The first-order valence-electron chi connectivity index (χ1n) is 4.59. The van der Waals surface area contributed by atoms with Gasteiger partial charge >= 0.3 is 0 Å². The molecule has 0 saturated heterocycles. The number of ether oxygens (including phenoxy) is 1. The molecule has 96 valence electrons. The maximum Gasteiger partial charge on any atom is 0.247 e. The summed E-state index contributed by atoms with van der Waals surface area (Å²) in [5, 5.41) is 9.86. The molecule has 1 aromatic rings. The van der Waals surface area contributed by atoms with Crippen molar-refractivity contribution >= 4 is 33.0 Å². The minimum Gasteiger partial charge on any atom is -0.497 e. The zero-order valence-electron chi connectivity index (χ0n) is 9.22. The average Bonchev–Trinajstić information content (AvgIpc) is 2.26. The Balaban J connectivity index is 3.08. The lowest BCUT2D eigenvalue weighted by molar-refractivity contribution is 0.181. The van der Waals surface area contributed by atoms with Gasteiger partial charge in [-0.15, -0.1) is 0 Å². The summed E-state index contributed by atoms with van der Waals surface area (Å²) in [4.78, 5) is 0. The molecule has 0 radical (unpaired) electrons. The number of hydrogen-bond donors (Lipinski definition) is 1. The molecule has 4 nitrogen and oxygen atoms in total. The first-order chi connectivity index (χ1) is 7.70. The summed E-state index contributed by atoms with van der Waals surface area (Å²) in [6.45, 7) is 0. The number of hydrogen-bond acceptors (Lipinski definition) is 4. The second-order valence-electron chi connectivity index (χ2n) is 3.51. The van der Waals surface area contributed by atoms with Gasteiger partial charge in [0.15, 0.2) is 9.84 Å². The minimum atomic E-state index is -3.82. The maximum absolute atomic E-state index is 11.3. The van der Waals surface area contributed by atoms with Gasteiger partial charge in [0.2, 0.25) is 3.67 Å². The number of aliphatic hydroxyl groups is 1. The predicted octanol–water partition coefficient (Wildman–Crippen LogP) is 1.90. The molecule has 0 aliphatic carbocycles. The van der Waals surface area contributed by atoms with Crippen molar-refractivity contribution in [1.29, 1.82) is 0 Å². The topological polar surface area (TPSA) is 63.6 Å². The first kappa shape index (κ1) is 14.6. The Morgan fingerprint density at radius 2 is 1.76 bits per heavy atom. The molecule has 0 aromatic heterocycles. The van der Waals surface area contributed by atoms with E-state index in [1.54, 1.807) is 12.1 Å². The fourth-order valence-electron chi connectivity index (χ4n) is 1.18. The Hall–Kier alpha value is -0.490. The van der Waals surface area contributed by atoms with Gasteiger partial charge in [-0.2, -0.15) is 0 Å². The van der Waals surface area contributed by atoms with Crippen LogP contribution in [0.15, 0.2) is 24.3 Å². The third kappa shape index (κ3) is 3.04. The molecule has 0 heterocycles. The van der Waals surface area contributed by atoms with Gasteiger partial charge in [-0.3, -0.25) is 0 Å². The van der Waals surface area contributed by atoms with Gasteiger partial charge in [0, 0.05) is 6.26 Å². The van der Waals surface area contributed by atoms with Crippen molar-refractivity contribution in [1.82, 2.24) is 0 Å². The highest BCUT2D eigenvalue weighted by Gasteiger charge is 2.44. The van der Waals surface area contributed by atoms with Gasteiger partial charge < -0.3 is 9.84 Å². The summed E-state index contributed by atoms with van der Waals surface area (Å²) in [6, 6.07) is 6.14. The second-order valence-corrected chi connectivity index (χ2v) is 7.53. The highest BCUT2D eigenvalue weighted by atomic mass is 35.5. The van der Waals surface area contributed by atoms with Crippen LogP contribution in [0.25, 0.3) is 0 Å². The van der Waals surface area contributed by atoms with E-state index < -0.39 is 19.6 Å². The smallest absolute Gasteiger partial charge is 0.247 e. The van der Waals surface area contributed by atoms with Gasteiger partial charge in [0.05, 0.1) is 7.11 Å². The molecule has 1 aromatic carbocycles. The Morgan fingerprint density at radius 3 is 2.12 bits per heavy atom. The van der Waals surface area contributed by atoms with E-state index in [0.717, 1.165) is 6.26 Å². The fourth-order valence-corrected chi connectivity index (χ4v) is 1.98. The Morgan fingerprint density at radius 1 is 1.29 bits per heavy atom. The van der Waals surface area contributed by atoms with Gasteiger partial charge in [0.25, 0.3) is 0 Å². The van der Waals surface area contributed by atoms with Crippen molar-refractivity contribution in [2.24, 2.45) is 0 Å². The van der Waals surface area contributed by atoms with Crippen molar-refractivity contribution in [2.75, 3.05) is 13.4 Å². The van der Waals surface area contributed by atoms with Crippen molar-refractivity contribution < 1.29 is 18.3 Å². The van der Waals surface area contributed by atoms with Crippen LogP contribution in [-0.4, -0.2) is 30.6 Å². The lowest BCUT2D eigenvalue weighted by atomic mass is 10.1. The van der Waals surface area contributed by atoms with E-state index in [9.17, 15) is 13.5 Å². The lowest BCUT2D eigenvalue weighted by Crippen LogP contribution is -2.32. The zero-order valence-corrected chi connectivity index (χ0v) is 11.6. The van der Waals surface area contributed by atoms with E-state index in [1.165, 1.54) is 19.2 Å². The second kappa shape index (κ2) is 5.02. The van der Waals surface area contributed by atoms with E-state index in [1.807, 2.05) is 0 Å². The number of rotatable bonds is 4. The number of aliphatic hydroxyl groups excluding tert-OH is 1. The highest BCUT2D eigenvalue weighted by Crippen LogP contribution is 2.40. The molecule has 1 rings (SSSR count). The van der Waals surface area contributed by atoms with E-state index in [2.05, 4.69) is 0 Å². The maximum atomic E-state index is 11.3. The third-order valence-electron chi connectivity index (χ3n) is 2.24. The van der Waals surface area contributed by atoms with Crippen LogP contribution in [0.5, 0.6) is 5.75 Å². The van der Waals surface area contributed by atoms with Crippen molar-refractivity contribution in [3.63, 3.8) is 0 Å². The van der Waals surface area contributed by atoms with Crippen LogP contribution in [-0.2, 0) is 9.84 Å². The number of alkyl halides is 2. The Kier molecular flexibility index (Phi) is 4.30. The van der Waals surface area contributed by atoms with Gasteiger partial charge in [0.1, 0.15) is 11.9 Å². The van der Waals surface area contributed by atoms with Crippen molar-refractivity contribution in [2.45, 2.75) is 9.77 Å². The fraction of sp³-hybridized carbons (Fsp3) is 0.400. The summed E-state index contributed by atoms with van der Waals surface area (Å²) in [5.41, 5.74) is 0.293. The average molecular weight is 299 g/mol. The standard InChI is InChI=1S/C10H12Cl2O4S/c1-16-8-5-3-7(4-6-8)9(13)10(11,12)17(2,14)15/h3-6,9,13H,1-2H3/t9-/m0/s1. The normalized spacial score (nSPS) is 14.4. The summed E-state index contributed by atoms with van der Waals surface area (Å²) in [5.74, 6) is 0.579. The van der Waals surface area contributed by atoms with Crippen LogP contribution in [0.1, 0.15) is 11.7 Å². The molecule has 0 amide bonds. The third-order valence-corrected chi connectivity index (χ3v) is 5.55. The highest BCUT2D eigenvalue weighted by molar-refractivity contribution is 7.94. The number of benzene rings is 1. The van der Waals surface area contributed by atoms with Gasteiger partial charge in [-0.25, -0.2) is 8.42 Å². The van der Waals surface area contributed by atoms with E-state index in [0.29, 0.717) is 11.3 Å². The molecule has 0 fully saturated rings. The number of methoxy groups -OCH3 is 1. The summed E-state index contributed by atoms with van der Waals surface area (Å²) in [7, 11) is -2.32. The molecule has 0 spiro atoms. The number of halogens is 2. The lowest BCUT2D eigenvalue weighted by Gasteiger charge is -2.24. The molecular weight excluding hydrogens is 287 g/mol. The molecule has 7 heteroatoms. The zero-order chi connectivity index (χ0) is 13.3. The summed E-state index contributed by atoms with van der Waals surface area (Å²) >= 11 is 11.3. The quantitative estimate of drug-likeness (QED) is 0.863. The minimum absolute atomic E-state index is 0.293. The largest absolute Gasteiger partial charge is 0.497 e. The van der Waals surface area contributed by atoms with Crippen LogP contribution < -0.4 is 4.74 Å². The molecule has 0 aliphatic heterocycles. The summed E-state index contributed by atoms with van der Waals surface area (Å²) in [6.07, 6.45) is -0.675. The predicted molar refractivity (Wildman–Crippen MR) is 67.2 cm³/mol. The first-order valence-corrected chi connectivity index (χ1v) is 7.24. The molecule has 17 heavy (non-hydrogen) atoms. The van der Waals surface area contributed by atoms with Crippen molar-refractivity contribution in [3.05, 3.63) is 29.8 Å². The molecular formula is C10H12Cl2O4S. The molecule has 0 unspecified atom stereocenters. The SMILES string of the molecule is COc1ccc([C@H](O)C(Cl)(Cl)S(C)(=O)=O)cc1. The Bertz CT molecular complexity index is 482. The van der Waals surface area contributed by atoms with Crippen LogP contribution in [0.2, 0.25) is 0 Å². The van der Waals surface area contributed by atoms with E-state index >= 15 is 0 Å². The van der Waals surface area contributed by atoms with Crippen molar-refractivity contribution in [3.8, 4) is 5.75 Å². The molecule has 1 N–H and O–H groups in total. The van der Waals surface area contributed by atoms with Crippen LogP contribution >= 0.6 is 23.2 Å². The molecule has 0 saturated carbocycles. The molecule has 0 aliphatic rings. The molecule has 1 atom stereocenters.